The van der Waals surface area contributed by atoms with Crippen molar-refractivity contribution in [2.45, 2.75) is 20.3 Å². The second-order valence-corrected chi connectivity index (χ2v) is 3.64. The molecule has 0 bridgehead atoms. The van der Waals surface area contributed by atoms with Crippen molar-refractivity contribution in [1.29, 1.82) is 0 Å². The topological polar surface area (TPSA) is 55.5 Å². The van der Waals surface area contributed by atoms with Gasteiger partial charge in [-0.1, -0.05) is 17.7 Å². The van der Waals surface area contributed by atoms with E-state index in [2.05, 4.69) is 4.84 Å². The number of hydrogen-bond acceptors (Lipinski definition) is 3. The van der Waals surface area contributed by atoms with Crippen molar-refractivity contribution >= 4 is 11.6 Å². The largest absolute Gasteiger partial charge is 0.506 e. The normalized spacial score (nSPS) is 10.6. The van der Waals surface area contributed by atoms with Crippen LogP contribution in [0, 0.1) is 13.8 Å². The van der Waals surface area contributed by atoms with Gasteiger partial charge in [-0.05, 0) is 30.5 Å². The smallest absolute Gasteiger partial charge is 0.137 e. The first-order valence-electron chi connectivity index (χ1n) is 4.37. The monoisotopic (exact) mass is 215 g/mol. The van der Waals surface area contributed by atoms with E-state index in [9.17, 15) is 5.11 Å². The van der Waals surface area contributed by atoms with Gasteiger partial charge in [0.05, 0.1) is 11.6 Å². The van der Waals surface area contributed by atoms with Gasteiger partial charge in [-0.15, -0.1) is 0 Å². The first-order valence-corrected chi connectivity index (χ1v) is 4.75. The highest BCUT2D eigenvalue weighted by Crippen LogP contribution is 2.33. The number of benzene rings is 1. The molecular formula is C10H14ClNO2. The van der Waals surface area contributed by atoms with Gasteiger partial charge in [-0.2, -0.15) is 0 Å². The fraction of sp³-hybridized carbons (Fsp3) is 0.400. The average Bonchev–Trinajstić information content (AvgIpc) is 2.18. The Morgan fingerprint density at radius 3 is 2.71 bits per heavy atom. The van der Waals surface area contributed by atoms with E-state index in [0.29, 0.717) is 18.1 Å². The molecule has 0 spiro atoms. The number of hydrogen-bond donors (Lipinski definition) is 2. The minimum atomic E-state index is 0.131. The quantitative estimate of drug-likeness (QED) is 0.760. The molecule has 0 saturated heterocycles. The lowest BCUT2D eigenvalue weighted by atomic mass is 10.0. The zero-order valence-electron chi connectivity index (χ0n) is 8.30. The Balaban J connectivity index is 3.06. The van der Waals surface area contributed by atoms with Crippen LogP contribution in [0.3, 0.4) is 0 Å². The molecule has 0 aliphatic heterocycles. The molecular weight excluding hydrogens is 202 g/mol. The molecule has 78 valence electrons. The summed E-state index contributed by atoms with van der Waals surface area (Å²) < 4.78 is 0. The fourth-order valence-electron chi connectivity index (χ4n) is 1.29. The van der Waals surface area contributed by atoms with Crippen LogP contribution in [-0.4, -0.2) is 11.7 Å². The second-order valence-electron chi connectivity index (χ2n) is 3.26. The predicted molar refractivity (Wildman–Crippen MR) is 56.4 cm³/mol. The highest BCUT2D eigenvalue weighted by molar-refractivity contribution is 6.33. The number of nitrogens with two attached hydrogens (primary N) is 1. The third-order valence-electron chi connectivity index (χ3n) is 2.31. The number of aryl methyl sites for hydroxylation is 1. The first-order chi connectivity index (χ1) is 6.57. The summed E-state index contributed by atoms with van der Waals surface area (Å²) in [6, 6.07) is 1.90. The Morgan fingerprint density at radius 2 is 2.14 bits per heavy atom. The Morgan fingerprint density at radius 1 is 1.50 bits per heavy atom. The van der Waals surface area contributed by atoms with Gasteiger partial charge in [0, 0.05) is 6.42 Å². The van der Waals surface area contributed by atoms with Gasteiger partial charge in [-0.3, -0.25) is 0 Å². The van der Waals surface area contributed by atoms with Crippen LogP contribution in [0.2, 0.25) is 5.02 Å². The maximum absolute atomic E-state index is 9.70. The highest BCUT2D eigenvalue weighted by Gasteiger charge is 2.10. The van der Waals surface area contributed by atoms with Crippen molar-refractivity contribution in [3.8, 4) is 5.75 Å². The van der Waals surface area contributed by atoms with Crippen molar-refractivity contribution in [3.05, 3.63) is 27.8 Å². The van der Waals surface area contributed by atoms with Crippen LogP contribution in [0.25, 0.3) is 0 Å². The third-order valence-corrected chi connectivity index (χ3v) is 2.78. The lowest BCUT2D eigenvalue weighted by Gasteiger charge is -2.10. The summed E-state index contributed by atoms with van der Waals surface area (Å²) in [5, 5.41) is 10.1. The van der Waals surface area contributed by atoms with Crippen LogP contribution >= 0.6 is 11.6 Å². The molecule has 0 aromatic heterocycles. The van der Waals surface area contributed by atoms with Crippen LogP contribution in [0.15, 0.2) is 6.07 Å². The molecule has 0 unspecified atom stereocenters. The minimum Gasteiger partial charge on any atom is -0.506 e. The summed E-state index contributed by atoms with van der Waals surface area (Å²) in [7, 11) is 0. The third kappa shape index (κ3) is 2.18. The van der Waals surface area contributed by atoms with Crippen molar-refractivity contribution in [2.24, 2.45) is 5.90 Å². The predicted octanol–water partition coefficient (Wildman–Crippen LogP) is 2.10. The molecule has 0 saturated carbocycles. The van der Waals surface area contributed by atoms with Gasteiger partial charge in [0.15, 0.2) is 0 Å². The second kappa shape index (κ2) is 4.64. The van der Waals surface area contributed by atoms with Gasteiger partial charge in [0.1, 0.15) is 5.75 Å². The summed E-state index contributed by atoms with van der Waals surface area (Å²) in [5.74, 6) is 5.05. The number of phenolic OH excluding ortho intramolecular Hbond substituents is 1. The maximum Gasteiger partial charge on any atom is 0.137 e. The van der Waals surface area contributed by atoms with Crippen molar-refractivity contribution < 1.29 is 9.94 Å². The molecule has 1 rings (SSSR count). The number of halogens is 1. The van der Waals surface area contributed by atoms with E-state index in [1.807, 2.05) is 19.9 Å². The van der Waals surface area contributed by atoms with E-state index in [4.69, 9.17) is 17.5 Å². The van der Waals surface area contributed by atoms with E-state index in [0.717, 1.165) is 16.7 Å². The van der Waals surface area contributed by atoms with Crippen LogP contribution in [-0.2, 0) is 11.3 Å². The Labute approximate surface area is 88.4 Å². The lowest BCUT2D eigenvalue weighted by molar-refractivity contribution is 0.140. The SMILES string of the molecule is Cc1cc(CCON)c(O)c(Cl)c1C. The van der Waals surface area contributed by atoms with Crippen molar-refractivity contribution in [3.63, 3.8) is 0 Å². The molecule has 0 aliphatic carbocycles. The fourth-order valence-corrected chi connectivity index (χ4v) is 1.56. The molecule has 1 aromatic carbocycles. The summed E-state index contributed by atoms with van der Waals surface area (Å²) in [4.78, 5) is 4.46. The van der Waals surface area contributed by atoms with E-state index in [1.54, 1.807) is 0 Å². The van der Waals surface area contributed by atoms with Gasteiger partial charge in [0.2, 0.25) is 0 Å². The molecule has 3 nitrogen and oxygen atoms in total. The molecule has 0 amide bonds. The molecule has 0 fully saturated rings. The lowest BCUT2D eigenvalue weighted by Crippen LogP contribution is -2.04. The highest BCUT2D eigenvalue weighted by atomic mass is 35.5. The standard InChI is InChI=1S/C10H14ClNO2/c1-6-5-8(3-4-14-12)10(13)9(11)7(6)2/h5,13H,3-4,12H2,1-2H3. The van der Waals surface area contributed by atoms with Crippen LogP contribution < -0.4 is 5.90 Å². The molecule has 1 aromatic rings. The minimum absolute atomic E-state index is 0.131. The Kier molecular flexibility index (Phi) is 3.75. The van der Waals surface area contributed by atoms with Gasteiger partial charge in [-0.25, -0.2) is 5.90 Å². The van der Waals surface area contributed by atoms with Gasteiger partial charge < -0.3 is 9.94 Å². The summed E-state index contributed by atoms with van der Waals surface area (Å²) in [6.07, 6.45) is 0.559. The molecule has 0 atom stereocenters. The van der Waals surface area contributed by atoms with E-state index in [-0.39, 0.29) is 5.75 Å². The zero-order chi connectivity index (χ0) is 10.7. The van der Waals surface area contributed by atoms with Gasteiger partial charge >= 0.3 is 0 Å². The van der Waals surface area contributed by atoms with Crippen LogP contribution in [0.5, 0.6) is 5.75 Å². The molecule has 0 aliphatic rings. The Hall–Kier alpha value is -0.770. The average molecular weight is 216 g/mol. The molecule has 0 heterocycles. The molecule has 14 heavy (non-hydrogen) atoms. The molecule has 0 radical (unpaired) electrons. The summed E-state index contributed by atoms with van der Waals surface area (Å²) in [6.45, 7) is 4.19. The summed E-state index contributed by atoms with van der Waals surface area (Å²) in [5.41, 5.74) is 2.73. The van der Waals surface area contributed by atoms with Crippen molar-refractivity contribution in [2.75, 3.05) is 6.61 Å². The van der Waals surface area contributed by atoms with Crippen molar-refractivity contribution in [1.82, 2.24) is 0 Å². The molecule has 4 heteroatoms. The molecule has 3 N–H and O–H groups in total. The van der Waals surface area contributed by atoms with E-state index >= 15 is 0 Å². The van der Waals surface area contributed by atoms with Gasteiger partial charge in [0.25, 0.3) is 0 Å². The maximum atomic E-state index is 9.70. The number of rotatable bonds is 3. The number of phenols is 1. The summed E-state index contributed by atoms with van der Waals surface area (Å²) >= 11 is 5.94. The Bertz CT molecular complexity index is 339. The van der Waals surface area contributed by atoms with E-state index in [1.165, 1.54) is 0 Å². The zero-order valence-corrected chi connectivity index (χ0v) is 9.06. The number of aromatic hydroxyl groups is 1. The van der Waals surface area contributed by atoms with E-state index < -0.39 is 0 Å². The first kappa shape index (κ1) is 11.3. The van der Waals surface area contributed by atoms with Crippen LogP contribution in [0.4, 0.5) is 0 Å². The van der Waals surface area contributed by atoms with Crippen LogP contribution in [0.1, 0.15) is 16.7 Å².